The Morgan fingerprint density at radius 3 is 2.47 bits per heavy atom. The number of nitrogens with zero attached hydrogens (tertiary/aromatic N) is 2. The van der Waals surface area contributed by atoms with E-state index in [1.807, 2.05) is 65.6 Å². The lowest BCUT2D eigenvalue weighted by molar-refractivity contribution is -0.140. The monoisotopic (exact) mass is 825 g/mol. The molecule has 13 heteroatoms. The van der Waals surface area contributed by atoms with Gasteiger partial charge in [0.2, 0.25) is 17.7 Å². The molecule has 12 nitrogen and oxygen atoms in total. The molecular weight excluding hydrogens is 769 g/mol. The number of ether oxygens (including phenoxy) is 2. The maximum absolute atomic E-state index is 14.8. The van der Waals surface area contributed by atoms with E-state index in [1.54, 1.807) is 7.11 Å². The number of primary amides is 1. The maximum atomic E-state index is 14.8. The quantitative estimate of drug-likeness (QED) is 0.191. The highest BCUT2D eigenvalue weighted by Crippen LogP contribution is 2.47. The Morgan fingerprint density at radius 2 is 1.78 bits per heavy atom. The number of pyridine rings is 1. The Labute approximate surface area is 349 Å². The number of fused-ring (bicyclic) bond motifs is 3. The topological polar surface area (TPSA) is 181 Å². The largest absolute Gasteiger partial charge is 0.772 e. The average molecular weight is 826 g/mol. The molecule has 3 heterocycles. The number of likely N-dealkylation sites (tertiary alicyclic amines) is 1. The van der Waals surface area contributed by atoms with Gasteiger partial charge in [0.25, 0.3) is 0 Å². The van der Waals surface area contributed by atoms with Crippen molar-refractivity contribution in [1.29, 1.82) is 0 Å². The van der Waals surface area contributed by atoms with Crippen molar-refractivity contribution in [3.8, 4) is 22.8 Å². The van der Waals surface area contributed by atoms with E-state index in [0.717, 1.165) is 68.0 Å². The average Bonchev–Trinajstić information content (AvgIpc) is 4.16. The van der Waals surface area contributed by atoms with Crippen molar-refractivity contribution in [3.63, 3.8) is 0 Å². The second-order valence-electron chi connectivity index (χ2n) is 17.2. The summed E-state index contributed by atoms with van der Waals surface area (Å²) in [7, 11) is 1.61. The Bertz CT molecular complexity index is 2070. The molecule has 4 fully saturated rings. The van der Waals surface area contributed by atoms with E-state index < -0.39 is 46.4 Å². The van der Waals surface area contributed by atoms with Crippen LogP contribution >= 0.6 is 0 Å². The summed E-state index contributed by atoms with van der Waals surface area (Å²) in [6, 6.07) is 17.4. The predicted molar refractivity (Wildman–Crippen MR) is 225 cm³/mol. The van der Waals surface area contributed by atoms with Gasteiger partial charge < -0.3 is 30.0 Å². The highest BCUT2D eigenvalue weighted by Gasteiger charge is 2.60. The summed E-state index contributed by atoms with van der Waals surface area (Å²) >= 11 is -1.76. The first kappa shape index (κ1) is 42.5. The van der Waals surface area contributed by atoms with E-state index in [0.29, 0.717) is 55.3 Å². The highest BCUT2D eigenvalue weighted by molar-refractivity contribution is 7.80. The van der Waals surface area contributed by atoms with Crippen LogP contribution in [0.25, 0.3) is 22.2 Å². The molecule has 5 aliphatic rings. The molecule has 8 atom stereocenters. The van der Waals surface area contributed by atoms with Gasteiger partial charge in [0.1, 0.15) is 28.9 Å². The highest BCUT2D eigenvalue weighted by atomic mass is 32.2. The van der Waals surface area contributed by atoms with Crippen molar-refractivity contribution in [1.82, 2.24) is 15.2 Å². The van der Waals surface area contributed by atoms with Crippen molar-refractivity contribution in [2.24, 2.45) is 35.3 Å². The number of methoxy groups -OCH3 is 1. The molecule has 0 bridgehead atoms. The molecule has 1 aromatic heterocycles. The number of ketones is 1. The van der Waals surface area contributed by atoms with Gasteiger partial charge in [-0.2, -0.15) is 0 Å². The minimum absolute atomic E-state index is 0.0168. The van der Waals surface area contributed by atoms with Gasteiger partial charge in [-0.15, -0.1) is 0 Å². The lowest BCUT2D eigenvalue weighted by Gasteiger charge is -2.32. The SMILES string of the molecule is COc1ccc2c(O[C@H]3CC4C(=O)[C@@H](CC(=O)N5CCCC(C)C5)CCCCC/C=C\[C@@H]5C[C@@]5(C(N)=O)NC(=O)[C@@H]4C3)cc(-c3ccccc3)nc2c1.O=S([O-])C1CC1. The summed E-state index contributed by atoms with van der Waals surface area (Å²) in [5.41, 5.74) is 7.10. The molecule has 3 aliphatic carbocycles. The van der Waals surface area contributed by atoms with Gasteiger partial charge >= 0.3 is 0 Å². The Kier molecular flexibility index (Phi) is 13.5. The molecule has 3 aromatic rings. The van der Waals surface area contributed by atoms with Crippen molar-refractivity contribution in [2.75, 3.05) is 20.2 Å². The smallest absolute Gasteiger partial charge is 0.243 e. The predicted octanol–water partition coefficient (Wildman–Crippen LogP) is 6.43. The lowest BCUT2D eigenvalue weighted by atomic mass is 9.80. The molecule has 0 radical (unpaired) electrons. The molecule has 3 N–H and O–H groups in total. The van der Waals surface area contributed by atoms with E-state index in [4.69, 9.17) is 20.2 Å². The number of nitrogens with two attached hydrogens (primary N) is 1. The molecule has 1 saturated heterocycles. The number of benzene rings is 2. The number of hydrogen-bond donors (Lipinski definition) is 2. The van der Waals surface area contributed by atoms with Crippen LogP contribution in [0.4, 0.5) is 0 Å². The maximum Gasteiger partial charge on any atom is 0.243 e. The minimum Gasteiger partial charge on any atom is -0.772 e. The van der Waals surface area contributed by atoms with Crippen LogP contribution in [0.5, 0.6) is 11.5 Å². The van der Waals surface area contributed by atoms with Gasteiger partial charge in [-0.05, 0) is 82.3 Å². The summed E-state index contributed by atoms with van der Waals surface area (Å²) in [6.45, 7) is 3.59. The van der Waals surface area contributed by atoms with Crippen molar-refractivity contribution < 1.29 is 37.4 Å². The number of piperidine rings is 1. The summed E-state index contributed by atoms with van der Waals surface area (Å²) in [6.07, 6.45) is 12.7. The third kappa shape index (κ3) is 10.2. The van der Waals surface area contributed by atoms with Gasteiger partial charge in [0.05, 0.1) is 24.2 Å². The van der Waals surface area contributed by atoms with Crippen LogP contribution in [0.15, 0.2) is 66.7 Å². The van der Waals surface area contributed by atoms with Crippen LogP contribution in [0, 0.1) is 29.6 Å². The third-order valence-corrected chi connectivity index (χ3v) is 13.8. The fourth-order valence-electron chi connectivity index (χ4n) is 9.10. The summed E-state index contributed by atoms with van der Waals surface area (Å²) in [5, 5.41) is 3.83. The van der Waals surface area contributed by atoms with Crippen molar-refractivity contribution in [3.05, 3.63) is 66.7 Å². The van der Waals surface area contributed by atoms with E-state index in [9.17, 15) is 27.9 Å². The number of amides is 3. The van der Waals surface area contributed by atoms with Crippen molar-refractivity contribution in [2.45, 2.75) is 107 Å². The second-order valence-corrected chi connectivity index (χ2v) is 18.4. The van der Waals surface area contributed by atoms with E-state index in [2.05, 4.69) is 18.3 Å². The van der Waals surface area contributed by atoms with E-state index >= 15 is 0 Å². The Morgan fingerprint density at radius 1 is 1.00 bits per heavy atom. The third-order valence-electron chi connectivity index (χ3n) is 12.8. The van der Waals surface area contributed by atoms with Crippen LogP contribution < -0.4 is 20.5 Å². The first-order chi connectivity index (χ1) is 28.4. The molecule has 316 valence electrons. The summed E-state index contributed by atoms with van der Waals surface area (Å²) in [4.78, 5) is 62.5. The van der Waals surface area contributed by atoms with Gasteiger partial charge in [0.15, 0.2) is 0 Å². The Hall–Kier alpha value is -4.62. The van der Waals surface area contributed by atoms with E-state index in [1.165, 1.54) is 0 Å². The van der Waals surface area contributed by atoms with Crippen molar-refractivity contribution >= 4 is 45.5 Å². The number of carbonyl (C=O) groups excluding carboxylic acids is 4. The molecule has 8 rings (SSSR count). The summed E-state index contributed by atoms with van der Waals surface area (Å²) in [5.74, 6) is -1.36. The Balaban J connectivity index is 0.000000808. The molecule has 0 spiro atoms. The minimum atomic E-state index is -1.76. The zero-order valence-electron chi connectivity index (χ0n) is 34.1. The van der Waals surface area contributed by atoms with Gasteiger partial charge in [0, 0.05) is 65.6 Å². The van der Waals surface area contributed by atoms with Gasteiger partial charge in [-0.3, -0.25) is 23.4 Å². The number of rotatable bonds is 8. The zero-order valence-corrected chi connectivity index (χ0v) is 35.0. The first-order valence-corrected chi connectivity index (χ1v) is 22.5. The van der Waals surface area contributed by atoms with Gasteiger partial charge in [-0.25, -0.2) is 4.98 Å². The molecule has 3 amide bonds. The normalized spacial score (nSPS) is 29.6. The zero-order chi connectivity index (χ0) is 41.7. The van der Waals surface area contributed by atoms with Gasteiger partial charge in [-0.1, -0.05) is 73.3 Å². The summed E-state index contributed by atoms with van der Waals surface area (Å²) < 4.78 is 31.8. The molecule has 3 saturated carbocycles. The molecular formula is C46H57N4O8S-. The van der Waals surface area contributed by atoms with Crippen LogP contribution in [-0.2, 0) is 30.3 Å². The standard InChI is InChI=1S/C43H52N4O6.C3H6O2S/c1-27-12-11-19-47(26-27)39(48)20-29-15-7-4-3-5-10-16-30-25-43(30,42(44)51)46-41(50)35-22-32(21-34(35)40(29)49)53-38-24-36(28-13-8-6-9-14-28)45-37-23-31(52-2)17-18-33(37)38;4-6(5)3-1-2-3/h6,8-10,13-14,16-18,23-24,27,29-30,32,34-35H,3-5,7,11-12,15,19-22,25-26H2,1-2H3,(H2,44,51)(H,46,50);3H,1-2H2,(H,4,5)/p-1/b16-10-;/t27?,29-,30-,32+,34?,35-,43-;/m1./s1. The second kappa shape index (κ2) is 18.8. The van der Waals surface area contributed by atoms with Crippen LogP contribution in [0.1, 0.15) is 90.4 Å². The molecule has 2 aliphatic heterocycles. The molecule has 59 heavy (non-hydrogen) atoms. The van der Waals surface area contributed by atoms with Crippen LogP contribution in [0.3, 0.4) is 0 Å². The number of nitrogens with one attached hydrogen (secondary N) is 1. The molecule has 3 unspecified atom stereocenters. The first-order valence-electron chi connectivity index (χ1n) is 21.3. The number of hydrogen-bond acceptors (Lipinski definition) is 9. The fourth-order valence-corrected chi connectivity index (χ4v) is 9.63. The van der Waals surface area contributed by atoms with E-state index in [-0.39, 0.29) is 41.6 Å². The number of Topliss-reactive ketones (excluding diaryl/α,β-unsaturated/α-hetero) is 1. The number of carbonyl (C=O) groups is 4. The molecule has 2 aromatic carbocycles. The van der Waals surface area contributed by atoms with Crippen LogP contribution in [-0.4, -0.2) is 79.2 Å². The number of allylic oxidation sites excluding steroid dienone is 1. The van der Waals surface area contributed by atoms with Crippen LogP contribution in [0.2, 0.25) is 0 Å². The lowest BCUT2D eigenvalue weighted by Crippen LogP contribution is -2.51. The number of aromatic nitrogens is 1. The fraction of sp³-hybridized carbons (Fsp3) is 0.543.